The minimum absolute atomic E-state index is 0.273. The SMILES string of the molecule is CNC(Cn1cc(Cl)cn1)(C(N)=O)c1ccccc1. The molecule has 0 radical (unpaired) electrons. The Morgan fingerprint density at radius 3 is 2.63 bits per heavy atom. The Kier molecular flexibility index (Phi) is 3.87. The number of aromatic nitrogens is 2. The van der Waals surface area contributed by atoms with Gasteiger partial charge in [0.25, 0.3) is 0 Å². The lowest BCUT2D eigenvalue weighted by Gasteiger charge is -2.30. The van der Waals surface area contributed by atoms with Gasteiger partial charge in [0, 0.05) is 6.20 Å². The van der Waals surface area contributed by atoms with Crippen LogP contribution < -0.4 is 11.1 Å². The largest absolute Gasteiger partial charge is 0.368 e. The summed E-state index contributed by atoms with van der Waals surface area (Å²) in [4.78, 5) is 11.9. The van der Waals surface area contributed by atoms with E-state index in [2.05, 4.69) is 10.4 Å². The fourth-order valence-corrected chi connectivity index (χ4v) is 2.20. The summed E-state index contributed by atoms with van der Waals surface area (Å²) >= 11 is 5.84. The zero-order valence-electron chi connectivity index (χ0n) is 10.5. The van der Waals surface area contributed by atoms with Crippen molar-refractivity contribution in [2.75, 3.05) is 7.05 Å². The van der Waals surface area contributed by atoms with Crippen molar-refractivity contribution in [2.24, 2.45) is 5.73 Å². The highest BCUT2D eigenvalue weighted by atomic mass is 35.5. The first kappa shape index (κ1) is 13.6. The van der Waals surface area contributed by atoms with E-state index in [0.29, 0.717) is 5.02 Å². The first-order valence-corrected chi connectivity index (χ1v) is 6.18. The van der Waals surface area contributed by atoms with Gasteiger partial charge in [-0.05, 0) is 12.6 Å². The van der Waals surface area contributed by atoms with E-state index in [1.807, 2.05) is 30.3 Å². The van der Waals surface area contributed by atoms with Gasteiger partial charge in [-0.15, -0.1) is 0 Å². The highest BCUT2D eigenvalue weighted by Gasteiger charge is 2.37. The predicted molar refractivity (Wildman–Crippen MR) is 73.6 cm³/mol. The van der Waals surface area contributed by atoms with E-state index >= 15 is 0 Å². The topological polar surface area (TPSA) is 72.9 Å². The smallest absolute Gasteiger partial charge is 0.244 e. The van der Waals surface area contributed by atoms with Crippen LogP contribution in [0.3, 0.4) is 0 Å². The van der Waals surface area contributed by atoms with E-state index < -0.39 is 11.4 Å². The molecule has 0 saturated heterocycles. The Morgan fingerprint density at radius 2 is 2.16 bits per heavy atom. The quantitative estimate of drug-likeness (QED) is 0.861. The minimum Gasteiger partial charge on any atom is -0.368 e. The number of likely N-dealkylation sites (N-methyl/N-ethyl adjacent to an activating group) is 1. The van der Waals surface area contributed by atoms with Crippen molar-refractivity contribution in [2.45, 2.75) is 12.1 Å². The minimum atomic E-state index is -1.02. The van der Waals surface area contributed by atoms with Crippen LogP contribution in [-0.4, -0.2) is 22.7 Å². The van der Waals surface area contributed by atoms with E-state index in [0.717, 1.165) is 5.56 Å². The molecule has 2 aromatic rings. The van der Waals surface area contributed by atoms with E-state index in [-0.39, 0.29) is 6.54 Å². The molecule has 0 spiro atoms. The number of hydrogen-bond acceptors (Lipinski definition) is 3. The highest BCUT2D eigenvalue weighted by Crippen LogP contribution is 2.23. The summed E-state index contributed by atoms with van der Waals surface area (Å²) in [5.74, 6) is -0.465. The molecule has 0 aliphatic rings. The summed E-state index contributed by atoms with van der Waals surface area (Å²) in [6.07, 6.45) is 3.17. The summed E-state index contributed by atoms with van der Waals surface area (Å²) in [7, 11) is 1.70. The van der Waals surface area contributed by atoms with Crippen LogP contribution in [0.15, 0.2) is 42.7 Å². The maximum atomic E-state index is 11.9. The van der Waals surface area contributed by atoms with Crippen molar-refractivity contribution in [3.8, 4) is 0 Å². The van der Waals surface area contributed by atoms with Crippen molar-refractivity contribution < 1.29 is 4.79 Å². The number of hydrogen-bond donors (Lipinski definition) is 2. The fraction of sp³-hybridized carbons (Fsp3) is 0.231. The Morgan fingerprint density at radius 1 is 1.47 bits per heavy atom. The first-order valence-electron chi connectivity index (χ1n) is 5.81. The number of rotatable bonds is 5. The lowest BCUT2D eigenvalue weighted by Crippen LogP contribution is -2.54. The predicted octanol–water partition coefficient (Wildman–Crippen LogP) is 1.14. The number of amides is 1. The second-order valence-corrected chi connectivity index (χ2v) is 4.68. The molecule has 0 saturated carbocycles. The van der Waals surface area contributed by atoms with Crippen molar-refractivity contribution in [3.63, 3.8) is 0 Å². The first-order chi connectivity index (χ1) is 9.08. The van der Waals surface area contributed by atoms with Crippen LogP contribution in [0, 0.1) is 0 Å². The van der Waals surface area contributed by atoms with Crippen LogP contribution >= 0.6 is 11.6 Å². The molecule has 0 bridgehead atoms. The van der Waals surface area contributed by atoms with Crippen molar-refractivity contribution in [3.05, 3.63) is 53.3 Å². The summed E-state index contributed by atoms with van der Waals surface area (Å²) in [6.45, 7) is 0.273. The summed E-state index contributed by atoms with van der Waals surface area (Å²) in [5.41, 5.74) is 5.36. The second-order valence-electron chi connectivity index (χ2n) is 4.24. The zero-order chi connectivity index (χ0) is 13.9. The molecule has 0 aliphatic heterocycles. The van der Waals surface area contributed by atoms with Crippen molar-refractivity contribution in [1.82, 2.24) is 15.1 Å². The molecule has 3 N–H and O–H groups in total. The van der Waals surface area contributed by atoms with Gasteiger partial charge < -0.3 is 11.1 Å². The fourth-order valence-electron chi connectivity index (χ4n) is 2.05. The third-order valence-corrected chi connectivity index (χ3v) is 3.31. The Hall–Kier alpha value is -1.85. The Balaban J connectivity index is 2.43. The van der Waals surface area contributed by atoms with Crippen LogP contribution in [0.4, 0.5) is 0 Å². The number of halogens is 1. The molecule has 1 aromatic carbocycles. The molecule has 1 heterocycles. The van der Waals surface area contributed by atoms with Crippen LogP contribution in [0.25, 0.3) is 0 Å². The molecular formula is C13H15ClN4O. The summed E-state index contributed by atoms with van der Waals surface area (Å²) in [6, 6.07) is 9.31. The van der Waals surface area contributed by atoms with Gasteiger partial charge in [-0.1, -0.05) is 41.9 Å². The molecule has 0 fully saturated rings. The molecule has 0 aliphatic carbocycles. The monoisotopic (exact) mass is 278 g/mol. The van der Waals surface area contributed by atoms with E-state index in [9.17, 15) is 4.79 Å². The van der Waals surface area contributed by atoms with Gasteiger partial charge in [0.05, 0.1) is 17.8 Å². The maximum Gasteiger partial charge on any atom is 0.244 e. The van der Waals surface area contributed by atoms with Gasteiger partial charge in [0.2, 0.25) is 5.91 Å². The second kappa shape index (κ2) is 5.42. The van der Waals surface area contributed by atoms with Crippen LogP contribution in [0.1, 0.15) is 5.56 Å². The number of carbonyl (C=O) groups excluding carboxylic acids is 1. The van der Waals surface area contributed by atoms with E-state index in [1.165, 1.54) is 6.20 Å². The van der Waals surface area contributed by atoms with Gasteiger partial charge in [-0.2, -0.15) is 5.10 Å². The standard InChI is InChI=1S/C13H15ClN4O/c1-16-13(12(15)19,10-5-3-2-4-6-10)9-18-8-11(14)7-17-18/h2-8,16H,9H2,1H3,(H2,15,19). The number of primary amides is 1. The van der Waals surface area contributed by atoms with Crippen LogP contribution in [0.2, 0.25) is 5.02 Å². The molecule has 1 aromatic heterocycles. The zero-order valence-corrected chi connectivity index (χ0v) is 11.3. The Labute approximate surface area is 116 Å². The lowest BCUT2D eigenvalue weighted by molar-refractivity contribution is -0.125. The molecular weight excluding hydrogens is 264 g/mol. The van der Waals surface area contributed by atoms with Gasteiger partial charge >= 0.3 is 0 Å². The number of benzene rings is 1. The molecule has 5 nitrogen and oxygen atoms in total. The highest BCUT2D eigenvalue weighted by molar-refractivity contribution is 6.30. The molecule has 100 valence electrons. The van der Waals surface area contributed by atoms with Gasteiger partial charge in [-0.3, -0.25) is 9.48 Å². The molecule has 6 heteroatoms. The van der Waals surface area contributed by atoms with Gasteiger partial charge in [-0.25, -0.2) is 0 Å². The number of nitrogens with one attached hydrogen (secondary N) is 1. The number of nitrogens with two attached hydrogens (primary N) is 1. The summed E-state index contributed by atoms with van der Waals surface area (Å²) < 4.78 is 1.59. The molecule has 1 atom stereocenters. The van der Waals surface area contributed by atoms with Crippen LogP contribution in [-0.2, 0) is 16.9 Å². The van der Waals surface area contributed by atoms with Gasteiger partial charge in [0.15, 0.2) is 0 Å². The van der Waals surface area contributed by atoms with Crippen molar-refractivity contribution in [1.29, 1.82) is 0 Å². The van der Waals surface area contributed by atoms with E-state index in [1.54, 1.807) is 17.9 Å². The normalized spacial score (nSPS) is 14.0. The maximum absolute atomic E-state index is 11.9. The molecule has 1 amide bonds. The lowest BCUT2D eigenvalue weighted by atomic mass is 9.89. The number of nitrogens with zero attached hydrogens (tertiary/aromatic N) is 2. The molecule has 1 unspecified atom stereocenters. The third kappa shape index (κ3) is 2.62. The van der Waals surface area contributed by atoms with Crippen molar-refractivity contribution >= 4 is 17.5 Å². The molecule has 2 rings (SSSR count). The average molecular weight is 279 g/mol. The Bertz CT molecular complexity index is 569. The third-order valence-electron chi connectivity index (χ3n) is 3.11. The van der Waals surface area contributed by atoms with Crippen LogP contribution in [0.5, 0.6) is 0 Å². The van der Waals surface area contributed by atoms with Gasteiger partial charge in [0.1, 0.15) is 5.54 Å². The number of carbonyl (C=O) groups is 1. The van der Waals surface area contributed by atoms with E-state index in [4.69, 9.17) is 17.3 Å². The molecule has 19 heavy (non-hydrogen) atoms. The summed E-state index contributed by atoms with van der Waals surface area (Å²) in [5, 5.41) is 7.62. The average Bonchev–Trinajstić information content (AvgIpc) is 2.82.